The van der Waals surface area contributed by atoms with Crippen LogP contribution in [0.5, 0.6) is 23.0 Å². The number of aromatic nitrogens is 1. The molecule has 47 heavy (non-hydrogen) atoms. The highest BCUT2D eigenvalue weighted by molar-refractivity contribution is 7.07. The fourth-order valence-electron chi connectivity index (χ4n) is 5.05. The number of nitrogens with zero attached hydrogens (tertiary/aromatic N) is 2. The molecule has 0 unspecified atom stereocenters. The molecule has 13 heteroatoms. The van der Waals surface area contributed by atoms with Crippen LogP contribution in [0.25, 0.3) is 6.08 Å². The van der Waals surface area contributed by atoms with Crippen LogP contribution >= 0.6 is 22.9 Å². The summed E-state index contributed by atoms with van der Waals surface area (Å²) in [6, 6.07) is 16.0. The largest absolute Gasteiger partial charge is 0.504 e. The maximum absolute atomic E-state index is 14.0. The molecular weight excluding hydrogens is 646 g/mol. The standard InChI is InChI=1S/C34H32ClN3O8S/c1-5-44-25-17-21(12-13-24(25)39)30-29(33(42)45-6-2)19(3)36-34-38(30)32(41)27(47-34)16-20-14-23(35)31(26(15-20)43-4)46-18-28(40)37-22-10-8-7-9-11-22/h7-17,30,39H,5-6,18H2,1-4H3,(H,37,40)/b27-16+/t30-/m0/s1. The van der Waals surface area contributed by atoms with Gasteiger partial charge in [-0.3, -0.25) is 14.2 Å². The van der Waals surface area contributed by atoms with E-state index in [2.05, 4.69) is 10.3 Å². The Morgan fingerprint density at radius 2 is 1.83 bits per heavy atom. The van der Waals surface area contributed by atoms with Gasteiger partial charge in [-0.05, 0) is 74.4 Å². The summed E-state index contributed by atoms with van der Waals surface area (Å²) < 4.78 is 23.9. The number of thiazole rings is 1. The number of hydrogen-bond acceptors (Lipinski definition) is 10. The van der Waals surface area contributed by atoms with Gasteiger partial charge in [0.1, 0.15) is 0 Å². The molecule has 2 heterocycles. The Hall–Kier alpha value is -5.07. The molecule has 11 nitrogen and oxygen atoms in total. The molecule has 2 N–H and O–H groups in total. The minimum absolute atomic E-state index is 0.0727. The molecule has 0 saturated heterocycles. The van der Waals surface area contributed by atoms with Crippen LogP contribution in [0.4, 0.5) is 5.69 Å². The van der Waals surface area contributed by atoms with Gasteiger partial charge in [0, 0.05) is 5.69 Å². The van der Waals surface area contributed by atoms with Crippen molar-refractivity contribution in [3.8, 4) is 23.0 Å². The number of benzene rings is 3. The van der Waals surface area contributed by atoms with Crippen LogP contribution in [0.1, 0.15) is 37.9 Å². The van der Waals surface area contributed by atoms with E-state index in [1.807, 2.05) is 6.07 Å². The van der Waals surface area contributed by atoms with Crippen LogP contribution < -0.4 is 34.4 Å². The molecule has 0 radical (unpaired) electrons. The molecule has 4 aromatic rings. The molecule has 1 aliphatic rings. The number of nitrogens with one attached hydrogen (secondary N) is 1. The lowest BCUT2D eigenvalue weighted by molar-refractivity contribution is -0.139. The van der Waals surface area contributed by atoms with E-state index in [0.29, 0.717) is 38.5 Å². The lowest BCUT2D eigenvalue weighted by atomic mass is 9.95. The first kappa shape index (κ1) is 33.3. The Bertz CT molecular complexity index is 2040. The van der Waals surface area contributed by atoms with Crippen molar-refractivity contribution in [2.75, 3.05) is 32.2 Å². The predicted molar refractivity (Wildman–Crippen MR) is 178 cm³/mol. The minimum Gasteiger partial charge on any atom is -0.504 e. The van der Waals surface area contributed by atoms with E-state index in [0.717, 1.165) is 11.3 Å². The highest BCUT2D eigenvalue weighted by atomic mass is 35.5. The van der Waals surface area contributed by atoms with Crippen molar-refractivity contribution in [3.05, 3.63) is 108 Å². The zero-order valence-electron chi connectivity index (χ0n) is 26.0. The van der Waals surface area contributed by atoms with Crippen molar-refractivity contribution in [2.45, 2.75) is 26.8 Å². The number of anilines is 1. The van der Waals surface area contributed by atoms with Crippen molar-refractivity contribution in [3.63, 3.8) is 0 Å². The van der Waals surface area contributed by atoms with E-state index in [1.165, 1.54) is 17.7 Å². The summed E-state index contributed by atoms with van der Waals surface area (Å²) in [7, 11) is 1.44. The third-order valence-electron chi connectivity index (χ3n) is 7.07. The molecule has 3 aromatic carbocycles. The average molecular weight is 678 g/mol. The van der Waals surface area contributed by atoms with Gasteiger partial charge in [0.05, 0.1) is 47.2 Å². The van der Waals surface area contributed by atoms with Crippen LogP contribution in [0, 0.1) is 0 Å². The van der Waals surface area contributed by atoms with E-state index < -0.39 is 17.6 Å². The summed E-state index contributed by atoms with van der Waals surface area (Å²) in [5.41, 5.74) is 1.87. The Morgan fingerprint density at radius 1 is 1.06 bits per heavy atom. The average Bonchev–Trinajstić information content (AvgIpc) is 3.34. The second-order valence-electron chi connectivity index (χ2n) is 10.2. The van der Waals surface area contributed by atoms with Gasteiger partial charge in [0.2, 0.25) is 0 Å². The maximum atomic E-state index is 14.0. The monoisotopic (exact) mass is 677 g/mol. The molecule has 1 aliphatic heterocycles. The maximum Gasteiger partial charge on any atom is 0.338 e. The summed E-state index contributed by atoms with van der Waals surface area (Å²) in [6.07, 6.45) is 1.63. The molecule has 0 fully saturated rings. The first-order chi connectivity index (χ1) is 22.6. The molecule has 1 aromatic heterocycles. The van der Waals surface area contributed by atoms with Crippen LogP contribution in [0.15, 0.2) is 81.7 Å². The van der Waals surface area contributed by atoms with Crippen LogP contribution in [0.2, 0.25) is 5.02 Å². The molecular formula is C34H32ClN3O8S. The second kappa shape index (κ2) is 14.6. The molecule has 0 bridgehead atoms. The Kier molecular flexibility index (Phi) is 10.3. The normalized spacial score (nSPS) is 14.2. The van der Waals surface area contributed by atoms with Gasteiger partial charge in [-0.25, -0.2) is 9.79 Å². The Labute approximate surface area is 279 Å². The van der Waals surface area contributed by atoms with Crippen LogP contribution in [0.3, 0.4) is 0 Å². The van der Waals surface area contributed by atoms with Gasteiger partial charge >= 0.3 is 5.97 Å². The zero-order chi connectivity index (χ0) is 33.7. The van der Waals surface area contributed by atoms with Gasteiger partial charge in [-0.2, -0.15) is 0 Å². The number of para-hydroxylation sites is 1. The number of amides is 1. The summed E-state index contributed by atoms with van der Waals surface area (Å²) in [6.45, 7) is 5.28. The molecule has 1 atom stereocenters. The molecule has 0 spiro atoms. The Morgan fingerprint density at radius 3 is 2.53 bits per heavy atom. The number of methoxy groups -OCH3 is 1. The summed E-state index contributed by atoms with van der Waals surface area (Å²) in [4.78, 5) is 44.6. The molecule has 5 rings (SSSR count). The number of allylic oxidation sites excluding steroid dienone is 1. The van der Waals surface area contributed by atoms with Gasteiger partial charge in [-0.15, -0.1) is 0 Å². The van der Waals surface area contributed by atoms with Crippen molar-refractivity contribution < 1.29 is 33.6 Å². The first-order valence-electron chi connectivity index (χ1n) is 14.7. The first-order valence-corrected chi connectivity index (χ1v) is 15.8. The lowest BCUT2D eigenvalue weighted by Gasteiger charge is -2.25. The molecule has 0 aliphatic carbocycles. The fourth-order valence-corrected chi connectivity index (χ4v) is 6.37. The van der Waals surface area contributed by atoms with E-state index in [1.54, 1.807) is 75.4 Å². The fraction of sp³-hybridized carbons (Fsp3) is 0.235. The van der Waals surface area contributed by atoms with Crippen molar-refractivity contribution in [1.29, 1.82) is 0 Å². The summed E-state index contributed by atoms with van der Waals surface area (Å²) in [5.74, 6) is -0.418. The number of carbonyl (C=O) groups is 2. The number of rotatable bonds is 11. The van der Waals surface area contributed by atoms with E-state index in [-0.39, 0.29) is 52.7 Å². The minimum atomic E-state index is -0.900. The second-order valence-corrected chi connectivity index (χ2v) is 11.6. The van der Waals surface area contributed by atoms with Crippen molar-refractivity contribution in [1.82, 2.24) is 4.57 Å². The number of ether oxygens (including phenoxy) is 4. The number of esters is 1. The summed E-state index contributed by atoms with van der Waals surface area (Å²) in [5, 5.41) is 13.2. The smallest absolute Gasteiger partial charge is 0.338 e. The highest BCUT2D eigenvalue weighted by Crippen LogP contribution is 2.37. The van der Waals surface area contributed by atoms with Crippen LogP contribution in [-0.2, 0) is 14.3 Å². The number of carbonyl (C=O) groups excluding carboxylic acids is 2. The highest BCUT2D eigenvalue weighted by Gasteiger charge is 2.34. The van der Waals surface area contributed by atoms with E-state index >= 15 is 0 Å². The van der Waals surface area contributed by atoms with Crippen molar-refractivity contribution >= 4 is 46.6 Å². The quantitative estimate of drug-likeness (QED) is 0.220. The summed E-state index contributed by atoms with van der Waals surface area (Å²) >= 11 is 7.71. The van der Waals surface area contributed by atoms with Crippen molar-refractivity contribution in [2.24, 2.45) is 4.99 Å². The predicted octanol–water partition coefficient (Wildman–Crippen LogP) is 4.58. The van der Waals surface area contributed by atoms with Gasteiger partial charge in [-0.1, -0.05) is 47.2 Å². The van der Waals surface area contributed by atoms with Crippen LogP contribution in [-0.4, -0.2) is 48.5 Å². The SMILES string of the molecule is CCOC(=O)C1=C(C)N=c2s/c(=C/c3cc(Cl)c(OCC(=O)Nc4ccccc4)c(OC)c3)c(=O)n2[C@H]1c1ccc(O)c(OCC)c1. The number of phenolic OH excluding ortho intramolecular Hbond substituents is 1. The third kappa shape index (κ3) is 7.18. The number of halogens is 1. The molecule has 0 saturated carbocycles. The van der Waals surface area contributed by atoms with Gasteiger partial charge in [0.25, 0.3) is 11.5 Å². The lowest BCUT2D eigenvalue weighted by Crippen LogP contribution is -2.39. The van der Waals surface area contributed by atoms with E-state index in [9.17, 15) is 19.5 Å². The molecule has 244 valence electrons. The van der Waals surface area contributed by atoms with E-state index in [4.69, 9.17) is 30.5 Å². The number of fused-ring (bicyclic) bond motifs is 1. The zero-order valence-corrected chi connectivity index (χ0v) is 27.6. The number of aromatic hydroxyl groups is 1. The van der Waals surface area contributed by atoms with Gasteiger partial charge in [0.15, 0.2) is 34.4 Å². The Balaban J connectivity index is 1.53. The van der Waals surface area contributed by atoms with Gasteiger partial charge < -0.3 is 29.4 Å². The number of hydrogen-bond donors (Lipinski definition) is 2. The number of phenols is 1. The molecule has 1 amide bonds. The third-order valence-corrected chi connectivity index (χ3v) is 8.33. The topological polar surface area (TPSA) is 138 Å².